The van der Waals surface area contributed by atoms with Crippen molar-refractivity contribution in [1.29, 1.82) is 0 Å². The van der Waals surface area contributed by atoms with Crippen LogP contribution in [0.5, 0.6) is 5.75 Å². The first-order valence-electron chi connectivity index (χ1n) is 7.03. The lowest BCUT2D eigenvalue weighted by Gasteiger charge is -2.15. The zero-order chi connectivity index (χ0) is 15.5. The predicted molar refractivity (Wildman–Crippen MR) is 81.2 cm³/mol. The summed E-state index contributed by atoms with van der Waals surface area (Å²) in [7, 11) is -1.35. The number of hydrogen-bond donors (Lipinski definition) is 1. The number of nitrogens with one attached hydrogen (secondary N) is 1. The van der Waals surface area contributed by atoms with E-state index in [1.165, 1.54) is 0 Å². The third-order valence-corrected chi connectivity index (χ3v) is 5.54. The summed E-state index contributed by atoms with van der Waals surface area (Å²) in [6, 6.07) is 7.39. The molecule has 1 aliphatic heterocycles. The van der Waals surface area contributed by atoms with Crippen LogP contribution in [0, 0.1) is 0 Å². The molecule has 1 aromatic rings. The number of carbonyl (C=O) groups excluding carboxylic acids is 1. The Hall–Kier alpha value is -1.56. The Labute approximate surface area is 125 Å². The molecule has 1 heterocycles. The smallest absolute Gasteiger partial charge is 0.220 e. The molecule has 116 valence electrons. The van der Waals surface area contributed by atoms with Gasteiger partial charge < -0.3 is 10.1 Å². The minimum atomic E-state index is -2.96. The summed E-state index contributed by atoms with van der Waals surface area (Å²) >= 11 is 0. The van der Waals surface area contributed by atoms with E-state index in [2.05, 4.69) is 5.32 Å². The molecule has 5 nitrogen and oxygen atoms in total. The van der Waals surface area contributed by atoms with Gasteiger partial charge in [-0.15, -0.1) is 0 Å². The van der Waals surface area contributed by atoms with Crippen molar-refractivity contribution in [3.05, 3.63) is 29.8 Å². The molecule has 1 saturated heterocycles. The molecule has 21 heavy (non-hydrogen) atoms. The van der Waals surface area contributed by atoms with Crippen LogP contribution in [0.25, 0.3) is 0 Å². The predicted octanol–water partition coefficient (Wildman–Crippen LogP) is 1.49. The maximum atomic E-state index is 12.0. The molecule has 1 amide bonds. The molecule has 2 rings (SSSR count). The number of hydrogen-bond acceptors (Lipinski definition) is 4. The fraction of sp³-hybridized carbons (Fsp3) is 0.533. The normalized spacial score (nSPS) is 21.7. The quantitative estimate of drug-likeness (QED) is 0.894. The van der Waals surface area contributed by atoms with Crippen molar-refractivity contribution < 1.29 is 17.9 Å². The Balaban J connectivity index is 1.87. The molecular weight excluding hydrogens is 290 g/mol. The zero-order valence-electron chi connectivity index (χ0n) is 12.3. The Morgan fingerprint density at radius 1 is 1.38 bits per heavy atom. The summed E-state index contributed by atoms with van der Waals surface area (Å²) in [4.78, 5) is 12.0. The first-order chi connectivity index (χ1) is 9.89. The highest BCUT2D eigenvalue weighted by Gasteiger charge is 2.29. The lowest BCUT2D eigenvalue weighted by atomic mass is 9.97. The molecule has 6 heteroatoms. The molecule has 2 unspecified atom stereocenters. The molecule has 0 aromatic heterocycles. The van der Waals surface area contributed by atoms with E-state index in [1.807, 2.05) is 31.2 Å². The summed E-state index contributed by atoms with van der Waals surface area (Å²) in [5.41, 5.74) is 1.06. The second-order valence-corrected chi connectivity index (χ2v) is 7.77. The Morgan fingerprint density at radius 3 is 2.57 bits per heavy atom. The van der Waals surface area contributed by atoms with Gasteiger partial charge in [-0.05, 0) is 30.0 Å². The maximum Gasteiger partial charge on any atom is 0.220 e. The van der Waals surface area contributed by atoms with Gasteiger partial charge in [-0.2, -0.15) is 0 Å². The van der Waals surface area contributed by atoms with Crippen molar-refractivity contribution in [3.8, 4) is 5.75 Å². The van der Waals surface area contributed by atoms with Gasteiger partial charge in [-0.3, -0.25) is 4.79 Å². The van der Waals surface area contributed by atoms with Gasteiger partial charge in [0.05, 0.1) is 18.6 Å². The highest BCUT2D eigenvalue weighted by molar-refractivity contribution is 7.91. The third-order valence-electron chi connectivity index (χ3n) is 3.77. The van der Waals surface area contributed by atoms with Gasteiger partial charge >= 0.3 is 0 Å². The number of carbonyl (C=O) groups is 1. The van der Waals surface area contributed by atoms with E-state index in [9.17, 15) is 13.2 Å². The number of benzene rings is 1. The van der Waals surface area contributed by atoms with Crippen molar-refractivity contribution in [3.63, 3.8) is 0 Å². The summed E-state index contributed by atoms with van der Waals surface area (Å²) in [5.74, 6) is 1.00. The second kappa shape index (κ2) is 6.47. The van der Waals surface area contributed by atoms with Gasteiger partial charge in [-0.1, -0.05) is 19.1 Å². The lowest BCUT2D eigenvalue weighted by Crippen LogP contribution is -2.36. The third kappa shape index (κ3) is 4.46. The summed E-state index contributed by atoms with van der Waals surface area (Å²) < 4.78 is 27.8. The van der Waals surface area contributed by atoms with Crippen LogP contribution in [0.15, 0.2) is 24.3 Å². The van der Waals surface area contributed by atoms with Gasteiger partial charge in [-0.25, -0.2) is 8.42 Å². The van der Waals surface area contributed by atoms with Gasteiger partial charge in [0.2, 0.25) is 5.91 Å². The first kappa shape index (κ1) is 15.8. The molecule has 0 saturated carbocycles. The average molecular weight is 311 g/mol. The van der Waals surface area contributed by atoms with Gasteiger partial charge in [0, 0.05) is 12.5 Å². The van der Waals surface area contributed by atoms with Crippen molar-refractivity contribution >= 4 is 15.7 Å². The van der Waals surface area contributed by atoms with E-state index in [1.54, 1.807) is 7.11 Å². The van der Waals surface area contributed by atoms with Crippen LogP contribution in [0.1, 0.15) is 31.2 Å². The topological polar surface area (TPSA) is 72.5 Å². The molecule has 1 aliphatic rings. The molecule has 1 N–H and O–H groups in total. The van der Waals surface area contributed by atoms with Crippen LogP contribution in [-0.4, -0.2) is 39.0 Å². The first-order valence-corrected chi connectivity index (χ1v) is 8.85. The van der Waals surface area contributed by atoms with E-state index in [0.29, 0.717) is 12.8 Å². The van der Waals surface area contributed by atoms with Crippen LogP contribution in [-0.2, 0) is 14.6 Å². The number of rotatable bonds is 5. The van der Waals surface area contributed by atoms with Crippen LogP contribution < -0.4 is 10.1 Å². The fourth-order valence-electron chi connectivity index (χ4n) is 2.52. The largest absolute Gasteiger partial charge is 0.497 e. The average Bonchev–Trinajstić information content (AvgIpc) is 2.77. The Bertz CT molecular complexity index is 595. The van der Waals surface area contributed by atoms with Crippen molar-refractivity contribution in [1.82, 2.24) is 5.32 Å². The standard InChI is InChI=1S/C15H21NO4S/c1-11(12-3-5-14(20-2)6-4-12)9-15(17)16-13-7-8-21(18,19)10-13/h3-6,11,13H,7-10H2,1-2H3,(H,16,17). The van der Waals surface area contributed by atoms with Crippen LogP contribution in [0.3, 0.4) is 0 Å². The minimum Gasteiger partial charge on any atom is -0.497 e. The van der Waals surface area contributed by atoms with E-state index in [0.717, 1.165) is 11.3 Å². The van der Waals surface area contributed by atoms with E-state index in [4.69, 9.17) is 4.74 Å². The maximum absolute atomic E-state index is 12.0. The molecule has 2 atom stereocenters. The second-order valence-electron chi connectivity index (χ2n) is 5.55. The molecular formula is C15H21NO4S. The lowest BCUT2D eigenvalue weighted by molar-refractivity contribution is -0.121. The van der Waals surface area contributed by atoms with Gasteiger partial charge in [0.25, 0.3) is 0 Å². The van der Waals surface area contributed by atoms with E-state index in [-0.39, 0.29) is 29.4 Å². The molecule has 0 spiro atoms. The monoisotopic (exact) mass is 311 g/mol. The molecule has 1 aromatic carbocycles. The Morgan fingerprint density at radius 2 is 2.05 bits per heavy atom. The fourth-order valence-corrected chi connectivity index (χ4v) is 4.20. The van der Waals surface area contributed by atoms with Gasteiger partial charge in [0.1, 0.15) is 5.75 Å². The Kier molecular flexibility index (Phi) is 4.88. The number of sulfone groups is 1. The van der Waals surface area contributed by atoms with E-state index >= 15 is 0 Å². The number of amides is 1. The molecule has 1 fully saturated rings. The van der Waals surface area contributed by atoms with Crippen molar-refractivity contribution in [2.24, 2.45) is 0 Å². The van der Waals surface area contributed by atoms with Crippen molar-refractivity contribution in [2.45, 2.75) is 31.7 Å². The number of ether oxygens (including phenoxy) is 1. The molecule has 0 aliphatic carbocycles. The van der Waals surface area contributed by atoms with Gasteiger partial charge in [0.15, 0.2) is 9.84 Å². The minimum absolute atomic E-state index is 0.0651. The highest BCUT2D eigenvalue weighted by atomic mass is 32.2. The van der Waals surface area contributed by atoms with Crippen molar-refractivity contribution in [2.75, 3.05) is 18.6 Å². The molecule has 0 radical (unpaired) electrons. The summed E-state index contributed by atoms with van der Waals surface area (Å²) in [6.45, 7) is 1.98. The molecule has 0 bridgehead atoms. The summed E-state index contributed by atoms with van der Waals surface area (Å²) in [6.07, 6.45) is 0.869. The zero-order valence-corrected chi connectivity index (χ0v) is 13.2. The number of methoxy groups -OCH3 is 1. The highest BCUT2D eigenvalue weighted by Crippen LogP contribution is 2.22. The SMILES string of the molecule is COc1ccc(C(C)CC(=O)NC2CCS(=O)(=O)C2)cc1. The van der Waals surface area contributed by atoms with Crippen LogP contribution in [0.4, 0.5) is 0 Å². The van der Waals surface area contributed by atoms with Crippen LogP contribution in [0.2, 0.25) is 0 Å². The summed E-state index contributed by atoms with van der Waals surface area (Å²) in [5, 5.41) is 2.81. The van der Waals surface area contributed by atoms with E-state index < -0.39 is 9.84 Å². The van der Waals surface area contributed by atoms with Crippen LogP contribution >= 0.6 is 0 Å².